The van der Waals surface area contributed by atoms with E-state index in [2.05, 4.69) is 5.32 Å². The molecule has 0 saturated heterocycles. The normalized spacial score (nSPS) is 11.2. The van der Waals surface area contributed by atoms with E-state index in [1.54, 1.807) is 24.3 Å². The van der Waals surface area contributed by atoms with Crippen LogP contribution in [0.2, 0.25) is 5.02 Å². The molecule has 116 valence electrons. The Balaban J connectivity index is 1.90. The lowest BCUT2D eigenvalue weighted by molar-refractivity contribution is -0.113. The van der Waals surface area contributed by atoms with Gasteiger partial charge in [0.25, 0.3) is 0 Å². The second-order valence-electron chi connectivity index (χ2n) is 4.59. The number of nitrogens with one attached hydrogen (secondary N) is 1. The fourth-order valence-corrected chi connectivity index (χ4v) is 3.12. The molecule has 0 saturated carbocycles. The third-order valence-electron chi connectivity index (χ3n) is 2.75. The molecule has 2 aromatic carbocycles. The van der Waals surface area contributed by atoms with Crippen LogP contribution in [0.1, 0.15) is 0 Å². The van der Waals surface area contributed by atoms with Gasteiger partial charge in [-0.3, -0.25) is 4.79 Å². The van der Waals surface area contributed by atoms with Gasteiger partial charge in [0.1, 0.15) is 0 Å². The molecule has 0 aliphatic rings. The average molecular weight is 356 g/mol. The van der Waals surface area contributed by atoms with Gasteiger partial charge < -0.3 is 5.32 Å². The van der Waals surface area contributed by atoms with Crippen LogP contribution in [0.15, 0.2) is 58.3 Å². The predicted octanol–water partition coefficient (Wildman–Crippen LogP) is 3.47. The predicted molar refractivity (Wildman–Crippen MR) is 90.4 cm³/mol. The summed E-state index contributed by atoms with van der Waals surface area (Å²) in [5.41, 5.74) is 0.564. The van der Waals surface area contributed by atoms with Gasteiger partial charge in [0, 0.05) is 21.9 Å². The maximum Gasteiger partial charge on any atom is 0.234 e. The van der Waals surface area contributed by atoms with Crippen LogP contribution in [0, 0.1) is 0 Å². The van der Waals surface area contributed by atoms with Crippen molar-refractivity contribution < 1.29 is 13.2 Å². The Morgan fingerprint density at radius 1 is 1.09 bits per heavy atom. The molecular formula is C15H14ClNO3S2. The molecule has 0 atom stereocenters. The van der Waals surface area contributed by atoms with Gasteiger partial charge in [-0.05, 0) is 48.5 Å². The molecule has 7 heteroatoms. The minimum Gasteiger partial charge on any atom is -0.325 e. The van der Waals surface area contributed by atoms with E-state index in [9.17, 15) is 13.2 Å². The number of benzene rings is 2. The first-order chi connectivity index (χ1) is 10.3. The smallest absolute Gasteiger partial charge is 0.234 e. The number of sulfone groups is 1. The molecule has 4 nitrogen and oxygen atoms in total. The van der Waals surface area contributed by atoms with Crippen LogP contribution in [0.5, 0.6) is 0 Å². The number of anilines is 1. The highest BCUT2D eigenvalue weighted by molar-refractivity contribution is 8.00. The van der Waals surface area contributed by atoms with Gasteiger partial charge in [0.15, 0.2) is 9.84 Å². The Bertz CT molecular complexity index is 756. The number of halogens is 1. The summed E-state index contributed by atoms with van der Waals surface area (Å²) in [5.74, 6) is 0.0993. The molecule has 2 aromatic rings. The third kappa shape index (κ3) is 5.05. The molecule has 0 spiro atoms. The zero-order valence-corrected chi connectivity index (χ0v) is 14.1. The maximum atomic E-state index is 11.9. The van der Waals surface area contributed by atoms with Crippen LogP contribution in [0.3, 0.4) is 0 Å². The number of hydrogen-bond donors (Lipinski definition) is 1. The van der Waals surface area contributed by atoms with Crippen LogP contribution >= 0.6 is 23.4 Å². The highest BCUT2D eigenvalue weighted by Crippen LogP contribution is 2.21. The molecule has 0 aromatic heterocycles. The summed E-state index contributed by atoms with van der Waals surface area (Å²) in [6.07, 6.45) is 1.14. The number of carbonyl (C=O) groups is 1. The van der Waals surface area contributed by atoms with Crippen molar-refractivity contribution in [3.8, 4) is 0 Å². The molecule has 1 N–H and O–H groups in total. The van der Waals surface area contributed by atoms with Crippen LogP contribution in [0.25, 0.3) is 0 Å². The topological polar surface area (TPSA) is 63.2 Å². The van der Waals surface area contributed by atoms with Gasteiger partial charge >= 0.3 is 0 Å². The Kier molecular flexibility index (Phi) is 5.50. The van der Waals surface area contributed by atoms with Gasteiger partial charge in [-0.15, -0.1) is 11.8 Å². The number of thioether (sulfide) groups is 1. The average Bonchev–Trinajstić information content (AvgIpc) is 2.46. The summed E-state index contributed by atoms with van der Waals surface area (Å²) in [6, 6.07) is 13.3. The largest absolute Gasteiger partial charge is 0.325 e. The van der Waals surface area contributed by atoms with Crippen molar-refractivity contribution in [2.75, 3.05) is 17.3 Å². The summed E-state index contributed by atoms with van der Waals surface area (Å²) in [4.78, 5) is 13.0. The van der Waals surface area contributed by atoms with E-state index < -0.39 is 9.84 Å². The first-order valence-corrected chi connectivity index (χ1v) is 9.58. The minimum absolute atomic E-state index is 0.160. The molecule has 0 unspecified atom stereocenters. The Morgan fingerprint density at radius 2 is 1.68 bits per heavy atom. The fourth-order valence-electron chi connectivity index (χ4n) is 1.66. The minimum atomic E-state index is -3.23. The first kappa shape index (κ1) is 16.9. The molecule has 0 fully saturated rings. The SMILES string of the molecule is CS(=O)(=O)c1ccc(NC(=O)CSc2ccc(Cl)cc2)cc1. The molecule has 22 heavy (non-hydrogen) atoms. The van der Waals surface area contributed by atoms with Crippen LogP contribution in [0.4, 0.5) is 5.69 Å². The van der Waals surface area contributed by atoms with Crippen LogP contribution < -0.4 is 5.32 Å². The summed E-state index contributed by atoms with van der Waals surface area (Å²) >= 11 is 7.19. The Hall–Kier alpha value is -1.50. The lowest BCUT2D eigenvalue weighted by atomic mass is 10.3. The first-order valence-electron chi connectivity index (χ1n) is 6.33. The van der Waals surface area contributed by atoms with E-state index in [1.165, 1.54) is 23.9 Å². The highest BCUT2D eigenvalue weighted by atomic mass is 35.5. The molecular weight excluding hydrogens is 342 g/mol. The molecule has 0 aliphatic carbocycles. The number of carbonyl (C=O) groups excluding carboxylic acids is 1. The van der Waals surface area contributed by atoms with Crippen molar-refractivity contribution >= 4 is 44.8 Å². The summed E-state index contributed by atoms with van der Waals surface area (Å²) < 4.78 is 22.7. The Morgan fingerprint density at radius 3 is 2.23 bits per heavy atom. The second-order valence-corrected chi connectivity index (χ2v) is 8.09. The van der Waals surface area contributed by atoms with Crippen molar-refractivity contribution in [2.24, 2.45) is 0 Å². The number of amides is 1. The van der Waals surface area contributed by atoms with E-state index in [-0.39, 0.29) is 16.6 Å². The summed E-state index contributed by atoms with van der Waals surface area (Å²) in [6.45, 7) is 0. The van der Waals surface area contributed by atoms with Crippen LogP contribution in [-0.2, 0) is 14.6 Å². The zero-order valence-electron chi connectivity index (χ0n) is 11.7. The van der Waals surface area contributed by atoms with Crippen molar-refractivity contribution in [3.05, 3.63) is 53.6 Å². The van der Waals surface area contributed by atoms with E-state index in [4.69, 9.17) is 11.6 Å². The van der Waals surface area contributed by atoms with E-state index in [1.807, 2.05) is 12.1 Å². The lowest BCUT2D eigenvalue weighted by Crippen LogP contribution is -2.14. The zero-order chi connectivity index (χ0) is 16.2. The molecule has 0 radical (unpaired) electrons. The maximum absolute atomic E-state index is 11.9. The number of rotatable bonds is 5. The molecule has 0 bridgehead atoms. The summed E-state index contributed by atoms with van der Waals surface area (Å²) in [7, 11) is -3.23. The van der Waals surface area contributed by atoms with E-state index in [0.717, 1.165) is 11.2 Å². The molecule has 1 amide bonds. The van der Waals surface area contributed by atoms with E-state index in [0.29, 0.717) is 10.7 Å². The van der Waals surface area contributed by atoms with Gasteiger partial charge in [-0.25, -0.2) is 8.42 Å². The van der Waals surface area contributed by atoms with Crippen molar-refractivity contribution in [1.82, 2.24) is 0 Å². The van der Waals surface area contributed by atoms with E-state index >= 15 is 0 Å². The van der Waals surface area contributed by atoms with Gasteiger partial charge in [0.05, 0.1) is 10.6 Å². The van der Waals surface area contributed by atoms with Crippen molar-refractivity contribution in [1.29, 1.82) is 0 Å². The molecule has 0 heterocycles. The lowest BCUT2D eigenvalue weighted by Gasteiger charge is -2.06. The Labute approximate surface area is 138 Å². The van der Waals surface area contributed by atoms with Crippen molar-refractivity contribution in [3.63, 3.8) is 0 Å². The highest BCUT2D eigenvalue weighted by Gasteiger charge is 2.08. The number of hydrogen-bond acceptors (Lipinski definition) is 4. The molecule has 2 rings (SSSR count). The monoisotopic (exact) mass is 355 g/mol. The van der Waals surface area contributed by atoms with Gasteiger partial charge in [0.2, 0.25) is 5.91 Å². The fraction of sp³-hybridized carbons (Fsp3) is 0.133. The van der Waals surface area contributed by atoms with Gasteiger partial charge in [-0.1, -0.05) is 11.6 Å². The quantitative estimate of drug-likeness (QED) is 0.834. The summed E-state index contributed by atoms with van der Waals surface area (Å²) in [5, 5.41) is 3.37. The van der Waals surface area contributed by atoms with Crippen LogP contribution in [-0.4, -0.2) is 26.3 Å². The standard InChI is InChI=1S/C15H14ClNO3S2/c1-22(19,20)14-8-4-12(5-9-14)17-15(18)10-21-13-6-2-11(16)3-7-13/h2-9H,10H2,1H3,(H,17,18). The molecule has 0 aliphatic heterocycles. The van der Waals surface area contributed by atoms with Gasteiger partial charge in [-0.2, -0.15) is 0 Å². The third-order valence-corrected chi connectivity index (χ3v) is 5.14. The van der Waals surface area contributed by atoms with Crippen molar-refractivity contribution in [2.45, 2.75) is 9.79 Å². The second kappa shape index (κ2) is 7.17.